The maximum absolute atomic E-state index is 6.01. The van der Waals surface area contributed by atoms with E-state index in [-0.39, 0.29) is 0 Å². The number of aromatic nitrogens is 1. The number of halogens is 1. The van der Waals surface area contributed by atoms with Crippen molar-refractivity contribution >= 4 is 43.8 Å². The molecule has 0 aliphatic rings. The average molecular weight is 344 g/mol. The summed E-state index contributed by atoms with van der Waals surface area (Å²) < 4.78 is 6.22. The Bertz CT molecular complexity index is 805. The van der Waals surface area contributed by atoms with Gasteiger partial charge in [-0.3, -0.25) is 4.98 Å². The molecule has 3 aromatic rings. The van der Waals surface area contributed by atoms with Crippen LogP contribution in [-0.2, 0) is 0 Å². The normalized spacial score (nSPS) is 10.6. The Morgan fingerprint density at radius 2 is 2.00 bits per heavy atom. The summed E-state index contributed by atoms with van der Waals surface area (Å²) in [7, 11) is 1.65. The number of pyridine rings is 1. The van der Waals surface area contributed by atoms with E-state index in [2.05, 4.69) is 26.2 Å². The molecular weight excluding hydrogens is 330 g/mol. The topological polar surface area (TPSA) is 60.2 Å². The van der Waals surface area contributed by atoms with E-state index in [1.54, 1.807) is 13.3 Å². The van der Waals surface area contributed by atoms with Crippen molar-refractivity contribution in [2.24, 2.45) is 0 Å². The highest BCUT2D eigenvalue weighted by molar-refractivity contribution is 9.10. The van der Waals surface area contributed by atoms with Crippen LogP contribution in [0.25, 0.3) is 10.8 Å². The highest BCUT2D eigenvalue weighted by Gasteiger charge is 2.06. The second kappa shape index (κ2) is 5.61. The SMILES string of the molecule is COc1cc(Br)cc(Nc2ccc(N)c3ccncc23)c1. The molecule has 0 fully saturated rings. The van der Waals surface area contributed by atoms with Gasteiger partial charge in [0.1, 0.15) is 5.75 Å². The molecule has 106 valence electrons. The summed E-state index contributed by atoms with van der Waals surface area (Å²) >= 11 is 3.48. The Balaban J connectivity index is 2.06. The van der Waals surface area contributed by atoms with Crippen LogP contribution in [0.5, 0.6) is 5.75 Å². The summed E-state index contributed by atoms with van der Waals surface area (Å²) in [5.41, 5.74) is 8.62. The van der Waals surface area contributed by atoms with Crippen LogP contribution >= 0.6 is 15.9 Å². The summed E-state index contributed by atoms with van der Waals surface area (Å²) in [6.45, 7) is 0. The number of anilines is 3. The third kappa shape index (κ3) is 2.78. The van der Waals surface area contributed by atoms with E-state index >= 15 is 0 Å². The molecule has 0 spiro atoms. The molecular formula is C16H14BrN3O. The number of benzene rings is 2. The van der Waals surface area contributed by atoms with Crippen molar-refractivity contribution in [3.8, 4) is 5.75 Å². The number of nitrogen functional groups attached to an aromatic ring is 1. The lowest BCUT2D eigenvalue weighted by Gasteiger charge is -2.12. The highest BCUT2D eigenvalue weighted by Crippen LogP contribution is 2.32. The Kier molecular flexibility index (Phi) is 3.66. The average Bonchev–Trinajstić information content (AvgIpc) is 2.50. The first-order chi connectivity index (χ1) is 10.2. The van der Waals surface area contributed by atoms with Gasteiger partial charge in [0.2, 0.25) is 0 Å². The maximum Gasteiger partial charge on any atom is 0.122 e. The van der Waals surface area contributed by atoms with Crippen LogP contribution in [0.15, 0.2) is 53.3 Å². The number of fused-ring (bicyclic) bond motifs is 1. The minimum Gasteiger partial charge on any atom is -0.497 e. The summed E-state index contributed by atoms with van der Waals surface area (Å²) in [6.07, 6.45) is 3.55. The van der Waals surface area contributed by atoms with E-state index in [0.717, 1.165) is 38.1 Å². The van der Waals surface area contributed by atoms with Crippen LogP contribution in [0.4, 0.5) is 17.1 Å². The first kappa shape index (κ1) is 13.7. The molecule has 0 amide bonds. The van der Waals surface area contributed by atoms with Crippen molar-refractivity contribution in [1.29, 1.82) is 0 Å². The van der Waals surface area contributed by atoms with E-state index in [4.69, 9.17) is 10.5 Å². The van der Waals surface area contributed by atoms with Gasteiger partial charge in [-0.2, -0.15) is 0 Å². The standard InChI is InChI=1S/C16H14BrN3O/c1-21-12-7-10(17)6-11(8-12)20-16-3-2-15(18)13-4-5-19-9-14(13)16/h2-9,20H,18H2,1H3. The predicted octanol–water partition coefficient (Wildman–Crippen LogP) is 4.33. The molecule has 2 aromatic carbocycles. The lowest BCUT2D eigenvalue weighted by molar-refractivity contribution is 0.415. The van der Waals surface area contributed by atoms with Gasteiger partial charge in [-0.05, 0) is 30.3 Å². The van der Waals surface area contributed by atoms with Gasteiger partial charge in [-0.1, -0.05) is 15.9 Å². The zero-order valence-corrected chi connectivity index (χ0v) is 13.0. The van der Waals surface area contributed by atoms with E-state index < -0.39 is 0 Å². The molecule has 0 saturated carbocycles. The third-order valence-corrected chi connectivity index (χ3v) is 3.70. The molecule has 3 N–H and O–H groups in total. The second-order valence-corrected chi connectivity index (χ2v) is 5.54. The van der Waals surface area contributed by atoms with E-state index in [1.165, 1.54) is 0 Å². The summed E-state index contributed by atoms with van der Waals surface area (Å²) in [6, 6.07) is 11.6. The maximum atomic E-state index is 6.01. The predicted molar refractivity (Wildman–Crippen MR) is 90.1 cm³/mol. The summed E-state index contributed by atoms with van der Waals surface area (Å²) in [5.74, 6) is 0.782. The van der Waals surface area contributed by atoms with Gasteiger partial charge in [-0.15, -0.1) is 0 Å². The van der Waals surface area contributed by atoms with Crippen molar-refractivity contribution in [2.75, 3.05) is 18.2 Å². The van der Waals surface area contributed by atoms with Crippen molar-refractivity contribution in [1.82, 2.24) is 4.98 Å². The van der Waals surface area contributed by atoms with Crippen LogP contribution in [0.1, 0.15) is 0 Å². The van der Waals surface area contributed by atoms with Crippen molar-refractivity contribution < 1.29 is 4.74 Å². The van der Waals surface area contributed by atoms with E-state index in [1.807, 2.05) is 42.6 Å². The zero-order valence-electron chi connectivity index (χ0n) is 11.4. The van der Waals surface area contributed by atoms with Gasteiger partial charge in [0.25, 0.3) is 0 Å². The van der Waals surface area contributed by atoms with Gasteiger partial charge in [0.05, 0.1) is 7.11 Å². The number of nitrogens with zero attached hydrogens (tertiary/aromatic N) is 1. The first-order valence-corrected chi connectivity index (χ1v) is 7.20. The molecule has 0 saturated heterocycles. The minimum absolute atomic E-state index is 0.741. The zero-order chi connectivity index (χ0) is 14.8. The fourth-order valence-corrected chi connectivity index (χ4v) is 2.70. The lowest BCUT2D eigenvalue weighted by atomic mass is 10.1. The van der Waals surface area contributed by atoms with Gasteiger partial charge >= 0.3 is 0 Å². The van der Waals surface area contributed by atoms with Crippen LogP contribution in [0.3, 0.4) is 0 Å². The molecule has 0 unspecified atom stereocenters. The number of nitrogens with one attached hydrogen (secondary N) is 1. The molecule has 4 nitrogen and oxygen atoms in total. The van der Waals surface area contributed by atoms with Gasteiger partial charge in [-0.25, -0.2) is 0 Å². The molecule has 1 aromatic heterocycles. The Labute approximate surface area is 131 Å². The van der Waals surface area contributed by atoms with Gasteiger partial charge < -0.3 is 15.8 Å². The second-order valence-electron chi connectivity index (χ2n) is 4.63. The molecule has 1 heterocycles. The van der Waals surface area contributed by atoms with Gasteiger partial charge in [0, 0.05) is 50.8 Å². The van der Waals surface area contributed by atoms with Crippen LogP contribution in [0.2, 0.25) is 0 Å². The highest BCUT2D eigenvalue weighted by atomic mass is 79.9. The van der Waals surface area contributed by atoms with Crippen LogP contribution in [-0.4, -0.2) is 12.1 Å². The van der Waals surface area contributed by atoms with Gasteiger partial charge in [0.15, 0.2) is 0 Å². The number of methoxy groups -OCH3 is 1. The number of ether oxygens (including phenoxy) is 1. The van der Waals surface area contributed by atoms with Crippen molar-refractivity contribution in [3.05, 3.63) is 53.3 Å². The smallest absolute Gasteiger partial charge is 0.122 e. The molecule has 0 bridgehead atoms. The fraction of sp³-hybridized carbons (Fsp3) is 0.0625. The first-order valence-electron chi connectivity index (χ1n) is 6.41. The number of nitrogens with two attached hydrogens (primary N) is 1. The molecule has 0 atom stereocenters. The Morgan fingerprint density at radius 1 is 1.14 bits per heavy atom. The molecule has 0 radical (unpaired) electrons. The number of hydrogen-bond acceptors (Lipinski definition) is 4. The lowest BCUT2D eigenvalue weighted by Crippen LogP contribution is -1.95. The minimum atomic E-state index is 0.741. The van der Waals surface area contributed by atoms with E-state index in [0.29, 0.717) is 0 Å². The van der Waals surface area contributed by atoms with Crippen LogP contribution < -0.4 is 15.8 Å². The largest absolute Gasteiger partial charge is 0.497 e. The van der Waals surface area contributed by atoms with E-state index in [9.17, 15) is 0 Å². The molecule has 5 heteroatoms. The molecule has 0 aliphatic carbocycles. The monoisotopic (exact) mass is 343 g/mol. The molecule has 3 rings (SSSR count). The van der Waals surface area contributed by atoms with Crippen molar-refractivity contribution in [3.63, 3.8) is 0 Å². The summed E-state index contributed by atoms with van der Waals surface area (Å²) in [4.78, 5) is 4.18. The third-order valence-electron chi connectivity index (χ3n) is 3.24. The molecule has 21 heavy (non-hydrogen) atoms. The number of hydrogen-bond donors (Lipinski definition) is 2. The molecule has 0 aliphatic heterocycles. The Morgan fingerprint density at radius 3 is 2.81 bits per heavy atom. The Hall–Kier alpha value is -2.27. The van der Waals surface area contributed by atoms with Crippen LogP contribution in [0, 0.1) is 0 Å². The fourth-order valence-electron chi connectivity index (χ4n) is 2.23. The number of rotatable bonds is 3. The quantitative estimate of drug-likeness (QED) is 0.694. The summed E-state index contributed by atoms with van der Waals surface area (Å²) in [5, 5.41) is 5.35. The van der Waals surface area contributed by atoms with Crippen molar-refractivity contribution in [2.45, 2.75) is 0 Å².